The normalized spacial score (nSPS) is 20.6. The van der Waals surface area contributed by atoms with E-state index in [1.54, 1.807) is 12.7 Å². The molecule has 0 amide bonds. The number of halogens is 1. The zero-order valence-electron chi connectivity index (χ0n) is 9.74. The first-order chi connectivity index (χ1) is 8.83. The summed E-state index contributed by atoms with van der Waals surface area (Å²) in [6.45, 7) is 2.72. The second kappa shape index (κ2) is 5.29. The van der Waals surface area contributed by atoms with Crippen molar-refractivity contribution in [3.63, 3.8) is 0 Å². The molecule has 96 valence electrons. The first kappa shape index (κ1) is 12.0. The summed E-state index contributed by atoms with van der Waals surface area (Å²) in [5, 5.41) is 8.23. The molecule has 6 nitrogen and oxygen atoms in total. The predicted molar refractivity (Wildman–Crippen MR) is 68.4 cm³/mol. The van der Waals surface area contributed by atoms with Crippen LogP contribution in [0.3, 0.4) is 0 Å². The molecule has 0 N–H and O–H groups in total. The molecular formula is C10H13ClN6S. The Morgan fingerprint density at radius 3 is 3.17 bits per heavy atom. The maximum absolute atomic E-state index is 6.05. The molecule has 1 atom stereocenters. The fourth-order valence-electron chi connectivity index (χ4n) is 2.34. The molecule has 8 heteroatoms. The Bertz CT molecular complexity index is 498. The molecule has 0 saturated carbocycles. The second-order valence-corrected chi connectivity index (χ2v) is 5.73. The minimum atomic E-state index is 0.476. The van der Waals surface area contributed by atoms with E-state index < -0.39 is 0 Å². The maximum atomic E-state index is 6.05. The SMILES string of the molecule is Clc1snnc1CN1CCCC1Cn1cncn1. The van der Waals surface area contributed by atoms with Gasteiger partial charge in [-0.3, -0.25) is 9.58 Å². The van der Waals surface area contributed by atoms with Gasteiger partial charge in [0.15, 0.2) is 0 Å². The van der Waals surface area contributed by atoms with Gasteiger partial charge in [0.2, 0.25) is 0 Å². The van der Waals surface area contributed by atoms with Crippen LogP contribution in [0.25, 0.3) is 0 Å². The van der Waals surface area contributed by atoms with Gasteiger partial charge in [0, 0.05) is 24.1 Å². The maximum Gasteiger partial charge on any atom is 0.138 e. The fourth-order valence-corrected chi connectivity index (χ4v) is 2.95. The third-order valence-electron chi connectivity index (χ3n) is 3.23. The van der Waals surface area contributed by atoms with E-state index in [9.17, 15) is 0 Å². The highest BCUT2D eigenvalue weighted by molar-refractivity contribution is 7.10. The van der Waals surface area contributed by atoms with Crippen LogP contribution in [0.15, 0.2) is 12.7 Å². The topological polar surface area (TPSA) is 59.7 Å². The lowest BCUT2D eigenvalue weighted by molar-refractivity contribution is 0.216. The van der Waals surface area contributed by atoms with Crippen LogP contribution >= 0.6 is 23.1 Å². The van der Waals surface area contributed by atoms with Crippen LogP contribution in [0, 0.1) is 0 Å². The van der Waals surface area contributed by atoms with Crippen LogP contribution in [0.4, 0.5) is 0 Å². The van der Waals surface area contributed by atoms with E-state index >= 15 is 0 Å². The molecule has 1 aliphatic heterocycles. The van der Waals surface area contributed by atoms with Gasteiger partial charge in [-0.25, -0.2) is 4.98 Å². The molecule has 1 unspecified atom stereocenters. The van der Waals surface area contributed by atoms with Crippen LogP contribution in [0.5, 0.6) is 0 Å². The first-order valence-electron chi connectivity index (χ1n) is 5.86. The summed E-state index contributed by atoms with van der Waals surface area (Å²) in [5.41, 5.74) is 0.882. The Hall–Kier alpha value is -1.05. The monoisotopic (exact) mass is 284 g/mol. The highest BCUT2D eigenvalue weighted by atomic mass is 35.5. The standard InChI is InChI=1S/C10H13ClN6S/c11-10-9(14-15-18-10)5-16-3-1-2-8(16)4-17-7-12-6-13-17/h6-8H,1-5H2. The van der Waals surface area contributed by atoms with Crippen molar-refractivity contribution >= 4 is 23.1 Å². The Morgan fingerprint density at radius 1 is 1.50 bits per heavy atom. The van der Waals surface area contributed by atoms with Gasteiger partial charge in [0.25, 0.3) is 0 Å². The number of nitrogens with zero attached hydrogens (tertiary/aromatic N) is 6. The van der Waals surface area contributed by atoms with Crippen molar-refractivity contribution in [2.75, 3.05) is 6.54 Å². The number of rotatable bonds is 4. The van der Waals surface area contributed by atoms with Crippen molar-refractivity contribution in [3.05, 3.63) is 22.7 Å². The number of likely N-dealkylation sites (tertiary alicyclic amines) is 1. The van der Waals surface area contributed by atoms with E-state index in [0.29, 0.717) is 10.4 Å². The lowest BCUT2D eigenvalue weighted by Crippen LogP contribution is -2.32. The molecule has 1 fully saturated rings. The summed E-state index contributed by atoms with van der Waals surface area (Å²) in [6, 6.07) is 0.476. The summed E-state index contributed by atoms with van der Waals surface area (Å²) in [4.78, 5) is 6.36. The first-order valence-corrected chi connectivity index (χ1v) is 7.01. The van der Waals surface area contributed by atoms with Gasteiger partial charge < -0.3 is 0 Å². The predicted octanol–water partition coefficient (Wildman–Crippen LogP) is 1.45. The summed E-state index contributed by atoms with van der Waals surface area (Å²) >= 11 is 7.29. The lowest BCUT2D eigenvalue weighted by atomic mass is 10.2. The zero-order chi connectivity index (χ0) is 12.4. The van der Waals surface area contributed by atoms with Gasteiger partial charge in [-0.2, -0.15) is 5.10 Å². The molecule has 1 aliphatic rings. The van der Waals surface area contributed by atoms with Crippen LogP contribution in [0.1, 0.15) is 18.5 Å². The van der Waals surface area contributed by atoms with Gasteiger partial charge in [-0.15, -0.1) is 5.10 Å². The number of aromatic nitrogens is 5. The minimum absolute atomic E-state index is 0.476. The van der Waals surface area contributed by atoms with Crippen molar-refractivity contribution in [2.24, 2.45) is 0 Å². The molecule has 0 aromatic carbocycles. The van der Waals surface area contributed by atoms with Crippen LogP contribution in [-0.2, 0) is 13.1 Å². The molecule has 0 spiro atoms. The van der Waals surface area contributed by atoms with E-state index in [0.717, 1.165) is 25.3 Å². The van der Waals surface area contributed by atoms with Crippen LogP contribution in [0.2, 0.25) is 4.34 Å². The molecular weight excluding hydrogens is 272 g/mol. The quantitative estimate of drug-likeness (QED) is 0.850. The third-order valence-corrected chi connectivity index (χ3v) is 4.21. The minimum Gasteiger partial charge on any atom is -0.293 e. The largest absolute Gasteiger partial charge is 0.293 e. The van der Waals surface area contributed by atoms with Crippen molar-refractivity contribution in [3.8, 4) is 0 Å². The Labute approximate surface area is 114 Å². The summed E-state index contributed by atoms with van der Waals surface area (Å²) < 4.78 is 6.44. The molecule has 3 heterocycles. The highest BCUT2D eigenvalue weighted by Crippen LogP contribution is 2.24. The summed E-state index contributed by atoms with van der Waals surface area (Å²) in [7, 11) is 0. The zero-order valence-corrected chi connectivity index (χ0v) is 11.3. The average molecular weight is 285 g/mol. The summed E-state index contributed by atoms with van der Waals surface area (Å²) in [5.74, 6) is 0. The van der Waals surface area contributed by atoms with Crippen molar-refractivity contribution in [1.29, 1.82) is 0 Å². The smallest absolute Gasteiger partial charge is 0.138 e. The molecule has 2 aromatic heterocycles. The third kappa shape index (κ3) is 2.52. The molecule has 0 bridgehead atoms. The van der Waals surface area contributed by atoms with Crippen LogP contribution < -0.4 is 0 Å². The Balaban J connectivity index is 1.66. The van der Waals surface area contributed by atoms with Crippen molar-refractivity contribution in [1.82, 2.24) is 29.3 Å². The Morgan fingerprint density at radius 2 is 2.44 bits per heavy atom. The van der Waals surface area contributed by atoms with Crippen molar-refractivity contribution in [2.45, 2.75) is 32.0 Å². The fraction of sp³-hybridized carbons (Fsp3) is 0.600. The van der Waals surface area contributed by atoms with E-state index in [4.69, 9.17) is 11.6 Å². The molecule has 2 aromatic rings. The van der Waals surface area contributed by atoms with Gasteiger partial charge in [0.05, 0.1) is 6.54 Å². The Kier molecular flexibility index (Phi) is 3.53. The van der Waals surface area contributed by atoms with Gasteiger partial charge in [-0.05, 0) is 19.4 Å². The van der Waals surface area contributed by atoms with E-state index in [-0.39, 0.29) is 0 Å². The van der Waals surface area contributed by atoms with Crippen LogP contribution in [-0.4, -0.2) is 41.8 Å². The lowest BCUT2D eigenvalue weighted by Gasteiger charge is -2.23. The van der Waals surface area contributed by atoms with E-state index in [2.05, 4.69) is 24.6 Å². The van der Waals surface area contributed by atoms with E-state index in [1.807, 2.05) is 4.68 Å². The second-order valence-electron chi connectivity index (χ2n) is 4.38. The van der Waals surface area contributed by atoms with Gasteiger partial charge in [0.1, 0.15) is 22.7 Å². The molecule has 1 saturated heterocycles. The highest BCUT2D eigenvalue weighted by Gasteiger charge is 2.26. The van der Waals surface area contributed by atoms with E-state index in [1.165, 1.54) is 24.4 Å². The number of hydrogen-bond acceptors (Lipinski definition) is 6. The van der Waals surface area contributed by atoms with Gasteiger partial charge >= 0.3 is 0 Å². The number of hydrogen-bond donors (Lipinski definition) is 0. The average Bonchev–Trinajstić information content (AvgIpc) is 3.06. The summed E-state index contributed by atoms with van der Waals surface area (Å²) in [6.07, 6.45) is 5.71. The molecule has 18 heavy (non-hydrogen) atoms. The molecule has 0 radical (unpaired) electrons. The molecule has 0 aliphatic carbocycles. The molecule has 3 rings (SSSR count). The van der Waals surface area contributed by atoms with Gasteiger partial charge in [-0.1, -0.05) is 16.1 Å². The van der Waals surface area contributed by atoms with Crippen molar-refractivity contribution < 1.29 is 0 Å².